The van der Waals surface area contributed by atoms with E-state index in [1.165, 1.54) is 12.1 Å². The van der Waals surface area contributed by atoms with Gasteiger partial charge < -0.3 is 5.32 Å². The molecule has 1 N–H and O–H groups in total. The highest BCUT2D eigenvalue weighted by Crippen LogP contribution is 2.29. The number of pyridine rings is 1. The van der Waals surface area contributed by atoms with E-state index in [0.717, 1.165) is 12.1 Å². The lowest BCUT2D eigenvalue weighted by molar-refractivity contribution is -0.137. The van der Waals surface area contributed by atoms with Crippen molar-refractivity contribution in [1.29, 1.82) is 0 Å². The molecule has 2 rings (SSSR count). The number of hydrogen-bond donors (Lipinski definition) is 1. The fraction of sp³-hybridized carbons (Fsp3) is 0.200. The Kier molecular flexibility index (Phi) is 4.57. The minimum Gasteiger partial charge on any atom is -0.350 e. The van der Waals surface area contributed by atoms with Crippen molar-refractivity contribution in [2.75, 3.05) is 0 Å². The van der Waals surface area contributed by atoms with E-state index >= 15 is 0 Å². The van der Waals surface area contributed by atoms with Crippen molar-refractivity contribution in [1.82, 2.24) is 10.3 Å². The number of aromatic nitrogens is 1. The minimum atomic E-state index is -4.40. The maximum Gasteiger partial charge on any atom is 0.416 e. The molecule has 1 amide bonds. The predicted molar refractivity (Wildman–Crippen MR) is 71.2 cm³/mol. The first kappa shape index (κ1) is 15.0. The van der Waals surface area contributed by atoms with E-state index in [-0.39, 0.29) is 18.9 Å². The highest BCUT2D eigenvalue weighted by atomic mass is 19.4. The third-order valence-electron chi connectivity index (χ3n) is 2.81. The van der Waals surface area contributed by atoms with Gasteiger partial charge in [-0.1, -0.05) is 24.3 Å². The Hall–Kier alpha value is -2.37. The van der Waals surface area contributed by atoms with Crippen molar-refractivity contribution in [2.45, 2.75) is 19.1 Å². The number of hydrogen-bond acceptors (Lipinski definition) is 2. The van der Waals surface area contributed by atoms with Crippen LogP contribution in [0, 0.1) is 0 Å². The van der Waals surface area contributed by atoms with Crippen molar-refractivity contribution < 1.29 is 18.0 Å². The second-order valence-electron chi connectivity index (χ2n) is 4.47. The third-order valence-corrected chi connectivity index (χ3v) is 2.81. The third kappa shape index (κ3) is 4.59. The van der Waals surface area contributed by atoms with E-state index < -0.39 is 11.7 Å². The molecule has 0 bridgehead atoms. The van der Waals surface area contributed by atoms with E-state index in [2.05, 4.69) is 10.3 Å². The van der Waals surface area contributed by atoms with Crippen molar-refractivity contribution in [3.8, 4) is 0 Å². The maximum absolute atomic E-state index is 12.6. The van der Waals surface area contributed by atoms with Gasteiger partial charge in [-0.2, -0.15) is 13.2 Å². The van der Waals surface area contributed by atoms with Crippen LogP contribution in [0.1, 0.15) is 16.8 Å². The second-order valence-corrected chi connectivity index (χ2v) is 4.47. The lowest BCUT2D eigenvalue weighted by Crippen LogP contribution is -2.25. The van der Waals surface area contributed by atoms with Crippen LogP contribution >= 0.6 is 0 Å². The summed E-state index contributed by atoms with van der Waals surface area (Å²) < 4.78 is 37.7. The topological polar surface area (TPSA) is 42.0 Å². The summed E-state index contributed by atoms with van der Waals surface area (Å²) in [4.78, 5) is 15.8. The number of carbonyl (C=O) groups excluding carboxylic acids is 1. The van der Waals surface area contributed by atoms with E-state index in [0.29, 0.717) is 11.3 Å². The number of halogens is 3. The number of nitrogens with zero attached hydrogens (tertiary/aromatic N) is 1. The number of nitrogens with one attached hydrogen (secondary N) is 1. The molecule has 0 aliphatic carbocycles. The van der Waals surface area contributed by atoms with Gasteiger partial charge in [0.15, 0.2) is 0 Å². The molecule has 1 aromatic carbocycles. The number of amides is 1. The number of rotatable bonds is 4. The molecular formula is C15H13F3N2O. The Morgan fingerprint density at radius 2 is 1.95 bits per heavy atom. The van der Waals surface area contributed by atoms with Crippen LogP contribution in [0.5, 0.6) is 0 Å². The Bertz CT molecular complexity index is 612. The van der Waals surface area contributed by atoms with E-state index in [9.17, 15) is 18.0 Å². The zero-order valence-corrected chi connectivity index (χ0v) is 11.0. The molecule has 1 heterocycles. The van der Waals surface area contributed by atoms with Crippen LogP contribution in [-0.2, 0) is 23.9 Å². The average molecular weight is 294 g/mol. The van der Waals surface area contributed by atoms with Crippen molar-refractivity contribution >= 4 is 5.91 Å². The molecule has 21 heavy (non-hydrogen) atoms. The lowest BCUT2D eigenvalue weighted by Gasteiger charge is -2.09. The molecule has 0 saturated carbocycles. The van der Waals surface area contributed by atoms with Gasteiger partial charge in [-0.25, -0.2) is 0 Å². The maximum atomic E-state index is 12.6. The second kappa shape index (κ2) is 6.39. The standard InChI is InChI=1S/C15H13F3N2O/c16-15(17,18)12-5-3-4-11(8-12)9-14(21)20-10-13-6-1-2-7-19-13/h1-8H,9-10H2,(H,20,21). The van der Waals surface area contributed by atoms with Crippen molar-refractivity contribution in [3.63, 3.8) is 0 Å². The molecule has 0 aliphatic heterocycles. The average Bonchev–Trinajstić information content (AvgIpc) is 2.46. The number of alkyl halides is 3. The van der Waals surface area contributed by atoms with Crippen LogP contribution in [0.15, 0.2) is 48.7 Å². The monoisotopic (exact) mass is 294 g/mol. The van der Waals surface area contributed by atoms with E-state index in [1.54, 1.807) is 24.4 Å². The Balaban J connectivity index is 1.94. The first-order chi connectivity index (χ1) is 9.95. The van der Waals surface area contributed by atoms with Crippen LogP contribution in [0.25, 0.3) is 0 Å². The molecule has 0 fully saturated rings. The molecule has 0 radical (unpaired) electrons. The van der Waals surface area contributed by atoms with Gasteiger partial charge in [0.25, 0.3) is 0 Å². The van der Waals surface area contributed by atoms with Gasteiger partial charge in [0.05, 0.1) is 24.2 Å². The Morgan fingerprint density at radius 1 is 1.14 bits per heavy atom. The summed E-state index contributed by atoms with van der Waals surface area (Å²) in [6.45, 7) is 0.249. The smallest absolute Gasteiger partial charge is 0.350 e. The van der Waals surface area contributed by atoms with Gasteiger partial charge in [-0.3, -0.25) is 9.78 Å². The minimum absolute atomic E-state index is 0.100. The first-order valence-electron chi connectivity index (χ1n) is 6.28. The molecule has 0 unspecified atom stereocenters. The molecule has 3 nitrogen and oxygen atoms in total. The SMILES string of the molecule is O=C(Cc1cccc(C(F)(F)F)c1)NCc1ccccn1. The van der Waals surface area contributed by atoms with Crippen molar-refractivity contribution in [3.05, 3.63) is 65.5 Å². The molecular weight excluding hydrogens is 281 g/mol. The van der Waals surface area contributed by atoms with Gasteiger partial charge in [-0.15, -0.1) is 0 Å². The number of carbonyl (C=O) groups is 1. The van der Waals surface area contributed by atoms with Crippen LogP contribution in [0.4, 0.5) is 13.2 Å². The van der Waals surface area contributed by atoms with Crippen LogP contribution in [0.2, 0.25) is 0 Å². The summed E-state index contributed by atoms with van der Waals surface area (Å²) >= 11 is 0. The summed E-state index contributed by atoms with van der Waals surface area (Å²) in [6.07, 6.45) is -2.90. The van der Waals surface area contributed by atoms with Crippen LogP contribution in [0.3, 0.4) is 0 Å². The van der Waals surface area contributed by atoms with Crippen molar-refractivity contribution in [2.24, 2.45) is 0 Å². The number of benzene rings is 1. The molecule has 0 atom stereocenters. The Labute approximate surface area is 119 Å². The zero-order chi connectivity index (χ0) is 15.3. The van der Waals surface area contributed by atoms with Gasteiger partial charge in [0.1, 0.15) is 0 Å². The first-order valence-corrected chi connectivity index (χ1v) is 6.28. The van der Waals surface area contributed by atoms with E-state index in [1.807, 2.05) is 0 Å². The largest absolute Gasteiger partial charge is 0.416 e. The van der Waals surface area contributed by atoms with Crippen LogP contribution < -0.4 is 5.32 Å². The van der Waals surface area contributed by atoms with Crippen LogP contribution in [-0.4, -0.2) is 10.9 Å². The highest BCUT2D eigenvalue weighted by molar-refractivity contribution is 5.78. The molecule has 1 aromatic heterocycles. The van der Waals surface area contributed by atoms with E-state index in [4.69, 9.17) is 0 Å². The molecule has 0 saturated heterocycles. The molecule has 0 aliphatic rings. The van der Waals surface area contributed by atoms with Gasteiger partial charge in [0, 0.05) is 6.20 Å². The lowest BCUT2D eigenvalue weighted by atomic mass is 10.1. The summed E-state index contributed by atoms with van der Waals surface area (Å²) in [6, 6.07) is 10.1. The van der Waals surface area contributed by atoms with Gasteiger partial charge in [0.2, 0.25) is 5.91 Å². The fourth-order valence-corrected chi connectivity index (χ4v) is 1.80. The zero-order valence-electron chi connectivity index (χ0n) is 11.0. The highest BCUT2D eigenvalue weighted by Gasteiger charge is 2.30. The molecule has 2 aromatic rings. The van der Waals surface area contributed by atoms with Gasteiger partial charge >= 0.3 is 6.18 Å². The predicted octanol–water partition coefficient (Wildman–Crippen LogP) is 2.96. The Morgan fingerprint density at radius 3 is 2.62 bits per heavy atom. The normalized spacial score (nSPS) is 11.2. The molecule has 0 spiro atoms. The molecule has 6 heteroatoms. The summed E-state index contributed by atoms with van der Waals surface area (Å²) in [7, 11) is 0. The summed E-state index contributed by atoms with van der Waals surface area (Å²) in [5.74, 6) is -0.347. The summed E-state index contributed by atoms with van der Waals surface area (Å²) in [5, 5.41) is 2.62. The molecule has 110 valence electrons. The fourth-order valence-electron chi connectivity index (χ4n) is 1.80. The van der Waals surface area contributed by atoms with Gasteiger partial charge in [-0.05, 0) is 23.8 Å². The quantitative estimate of drug-likeness (QED) is 0.942. The summed E-state index contributed by atoms with van der Waals surface area (Å²) in [5.41, 5.74) is 0.260.